The molecule has 120 valence electrons. The molecule has 0 aliphatic carbocycles. The maximum Gasteiger partial charge on any atom is 0.241 e. The van der Waals surface area contributed by atoms with E-state index in [4.69, 9.17) is 0 Å². The van der Waals surface area contributed by atoms with E-state index in [0.717, 1.165) is 23.7 Å². The summed E-state index contributed by atoms with van der Waals surface area (Å²) in [4.78, 5) is 19.4. The molecule has 0 spiro atoms. The van der Waals surface area contributed by atoms with Gasteiger partial charge in [0.15, 0.2) is 0 Å². The highest BCUT2D eigenvalue weighted by Gasteiger charge is 2.24. The number of benzene rings is 2. The topological polar surface area (TPSA) is 23.6 Å². The van der Waals surface area contributed by atoms with Crippen molar-refractivity contribution in [2.45, 2.75) is 30.2 Å². The van der Waals surface area contributed by atoms with E-state index >= 15 is 0 Å². The van der Waals surface area contributed by atoms with Crippen molar-refractivity contribution in [3.63, 3.8) is 0 Å². The number of carbonyl (C=O) groups is 1. The van der Waals surface area contributed by atoms with Crippen molar-refractivity contribution in [3.05, 3.63) is 54.1 Å². The maximum absolute atomic E-state index is 12.9. The lowest BCUT2D eigenvalue weighted by atomic mass is 10.2. The van der Waals surface area contributed by atoms with E-state index in [2.05, 4.69) is 43.0 Å². The smallest absolute Gasteiger partial charge is 0.241 e. The Hall–Kier alpha value is -1.78. The van der Waals surface area contributed by atoms with Crippen molar-refractivity contribution < 1.29 is 4.79 Å². The van der Waals surface area contributed by atoms with Gasteiger partial charge in [0.25, 0.3) is 0 Å². The predicted molar refractivity (Wildman–Crippen MR) is 96.0 cm³/mol. The van der Waals surface area contributed by atoms with Crippen LogP contribution in [0.15, 0.2) is 58.3 Å². The zero-order valence-corrected chi connectivity index (χ0v) is 14.5. The molecule has 0 aromatic heterocycles. The van der Waals surface area contributed by atoms with Gasteiger partial charge in [0.1, 0.15) is 0 Å². The second kappa shape index (κ2) is 7.20. The van der Waals surface area contributed by atoms with Crippen LogP contribution in [-0.2, 0) is 11.3 Å². The van der Waals surface area contributed by atoms with Crippen LogP contribution in [0.3, 0.4) is 0 Å². The summed E-state index contributed by atoms with van der Waals surface area (Å²) in [6.07, 6.45) is 0. The molecule has 23 heavy (non-hydrogen) atoms. The van der Waals surface area contributed by atoms with Gasteiger partial charge in [-0.25, -0.2) is 0 Å². The largest absolute Gasteiger partial charge is 0.306 e. The zero-order valence-electron chi connectivity index (χ0n) is 13.7. The minimum absolute atomic E-state index is 0.165. The lowest BCUT2D eigenvalue weighted by Gasteiger charge is -2.26. The molecule has 1 heterocycles. The highest BCUT2D eigenvalue weighted by atomic mass is 32.2. The van der Waals surface area contributed by atoms with Gasteiger partial charge < -0.3 is 4.90 Å². The molecule has 3 nitrogen and oxygen atoms in total. The van der Waals surface area contributed by atoms with Crippen molar-refractivity contribution in [2.24, 2.45) is 0 Å². The minimum Gasteiger partial charge on any atom is -0.306 e. The Morgan fingerprint density at radius 1 is 1.04 bits per heavy atom. The molecule has 0 atom stereocenters. The van der Waals surface area contributed by atoms with Crippen LogP contribution >= 0.6 is 11.8 Å². The molecule has 0 bridgehead atoms. The number of fused-ring (bicyclic) bond motifs is 2. The molecule has 0 N–H and O–H groups in total. The Morgan fingerprint density at radius 3 is 2.43 bits per heavy atom. The molecular formula is C19H22N2OS. The molecule has 1 aliphatic heterocycles. The Balaban J connectivity index is 1.97. The van der Waals surface area contributed by atoms with Gasteiger partial charge in [0, 0.05) is 9.79 Å². The average molecular weight is 326 g/mol. The summed E-state index contributed by atoms with van der Waals surface area (Å²) in [5, 5.41) is 0. The lowest BCUT2D eigenvalue weighted by Crippen LogP contribution is -2.40. The Morgan fingerprint density at radius 2 is 1.70 bits per heavy atom. The molecule has 3 rings (SSSR count). The van der Waals surface area contributed by atoms with Crippen LogP contribution in [0.1, 0.15) is 19.4 Å². The van der Waals surface area contributed by atoms with E-state index in [1.165, 1.54) is 10.5 Å². The Labute approximate surface area is 142 Å². The van der Waals surface area contributed by atoms with Crippen LogP contribution in [0.5, 0.6) is 0 Å². The number of hydrogen-bond donors (Lipinski definition) is 0. The molecule has 4 heteroatoms. The summed E-state index contributed by atoms with van der Waals surface area (Å²) in [6.45, 7) is 7.08. The normalized spacial score (nSPS) is 13.4. The standard InChI is InChI=1S/C19H22N2OS/c1-3-20(4-2)14-19(22)21-13-15-9-5-7-11-17(15)23-18-12-8-6-10-16(18)21/h5-12H,3-4,13-14H2,1-2H3. The average Bonchev–Trinajstić information content (AvgIpc) is 2.76. The molecule has 0 saturated heterocycles. The van der Waals surface area contributed by atoms with E-state index < -0.39 is 0 Å². The van der Waals surface area contributed by atoms with Crippen molar-refractivity contribution in [1.29, 1.82) is 0 Å². The number of para-hydroxylation sites is 1. The van der Waals surface area contributed by atoms with Crippen molar-refractivity contribution >= 4 is 23.4 Å². The predicted octanol–water partition coefficient (Wildman–Crippen LogP) is 4.03. The molecule has 0 saturated carbocycles. The van der Waals surface area contributed by atoms with Crippen molar-refractivity contribution in [3.8, 4) is 0 Å². The molecule has 2 aromatic rings. The number of anilines is 1. The van der Waals surface area contributed by atoms with Crippen molar-refractivity contribution in [2.75, 3.05) is 24.5 Å². The third-order valence-electron chi connectivity index (χ3n) is 4.23. The summed E-state index contributed by atoms with van der Waals surface area (Å²) in [5.74, 6) is 0.165. The van der Waals surface area contributed by atoms with Gasteiger partial charge in [0.2, 0.25) is 5.91 Å². The SMILES string of the molecule is CCN(CC)CC(=O)N1Cc2ccccc2Sc2ccccc21. The van der Waals surface area contributed by atoms with Crippen molar-refractivity contribution in [1.82, 2.24) is 4.90 Å². The van der Waals surface area contributed by atoms with Crippen LogP contribution in [0.4, 0.5) is 5.69 Å². The van der Waals surface area contributed by atoms with E-state index in [1.54, 1.807) is 11.8 Å². The van der Waals surface area contributed by atoms with Crippen LogP contribution in [-0.4, -0.2) is 30.4 Å². The number of rotatable bonds is 4. The molecular weight excluding hydrogens is 304 g/mol. The number of carbonyl (C=O) groups excluding carboxylic acids is 1. The minimum atomic E-state index is 0.165. The van der Waals surface area contributed by atoms with Gasteiger partial charge in [-0.1, -0.05) is 55.9 Å². The third-order valence-corrected chi connectivity index (χ3v) is 5.41. The fourth-order valence-electron chi connectivity index (χ4n) is 2.82. The first kappa shape index (κ1) is 16.1. The highest BCUT2D eigenvalue weighted by Crippen LogP contribution is 2.41. The van der Waals surface area contributed by atoms with Crippen LogP contribution in [0, 0.1) is 0 Å². The van der Waals surface area contributed by atoms with Gasteiger partial charge in [-0.15, -0.1) is 0 Å². The first-order valence-electron chi connectivity index (χ1n) is 8.10. The van der Waals surface area contributed by atoms with Gasteiger partial charge in [-0.3, -0.25) is 9.69 Å². The monoisotopic (exact) mass is 326 g/mol. The second-order valence-electron chi connectivity index (χ2n) is 5.62. The molecule has 1 amide bonds. The number of hydrogen-bond acceptors (Lipinski definition) is 3. The molecule has 0 radical (unpaired) electrons. The van der Waals surface area contributed by atoms with E-state index in [1.807, 2.05) is 29.2 Å². The summed E-state index contributed by atoms with van der Waals surface area (Å²) < 4.78 is 0. The van der Waals surface area contributed by atoms with Gasteiger partial charge >= 0.3 is 0 Å². The maximum atomic E-state index is 12.9. The Kier molecular flexibility index (Phi) is 5.03. The molecule has 2 aromatic carbocycles. The lowest BCUT2D eigenvalue weighted by molar-refractivity contribution is -0.119. The number of likely N-dealkylation sites (N-methyl/N-ethyl adjacent to an activating group) is 1. The molecule has 0 unspecified atom stereocenters. The fraction of sp³-hybridized carbons (Fsp3) is 0.316. The molecule has 0 fully saturated rings. The summed E-state index contributed by atoms with van der Waals surface area (Å²) in [7, 11) is 0. The first-order valence-corrected chi connectivity index (χ1v) is 8.92. The quantitative estimate of drug-likeness (QED) is 0.847. The number of amides is 1. The van der Waals surface area contributed by atoms with Crippen LogP contribution in [0.2, 0.25) is 0 Å². The zero-order chi connectivity index (χ0) is 16.2. The fourth-order valence-corrected chi connectivity index (χ4v) is 3.90. The van der Waals surface area contributed by atoms with Crippen LogP contribution in [0.25, 0.3) is 0 Å². The van der Waals surface area contributed by atoms with Gasteiger partial charge in [0.05, 0.1) is 18.8 Å². The summed E-state index contributed by atoms with van der Waals surface area (Å²) in [6, 6.07) is 16.5. The Bertz CT molecular complexity index is 697. The first-order chi connectivity index (χ1) is 11.2. The second-order valence-corrected chi connectivity index (χ2v) is 6.70. The third kappa shape index (κ3) is 3.43. The summed E-state index contributed by atoms with van der Waals surface area (Å²) in [5.41, 5.74) is 2.23. The van der Waals surface area contributed by atoms with Crippen LogP contribution < -0.4 is 4.90 Å². The van der Waals surface area contributed by atoms with Gasteiger partial charge in [-0.2, -0.15) is 0 Å². The highest BCUT2D eigenvalue weighted by molar-refractivity contribution is 7.99. The van der Waals surface area contributed by atoms with E-state index in [-0.39, 0.29) is 5.91 Å². The van der Waals surface area contributed by atoms with E-state index in [0.29, 0.717) is 13.1 Å². The molecule has 1 aliphatic rings. The summed E-state index contributed by atoms with van der Waals surface area (Å²) >= 11 is 1.75. The van der Waals surface area contributed by atoms with E-state index in [9.17, 15) is 4.79 Å². The van der Waals surface area contributed by atoms with Gasteiger partial charge in [-0.05, 0) is 36.9 Å². The number of nitrogens with zero attached hydrogens (tertiary/aromatic N) is 2.